The molecule has 0 fully saturated rings. The Bertz CT molecular complexity index is 400. The predicted molar refractivity (Wildman–Crippen MR) is 52.3 cm³/mol. The molecule has 0 saturated heterocycles. The van der Waals surface area contributed by atoms with Gasteiger partial charge in [0.25, 0.3) is 0 Å². The molecule has 1 atom stereocenters. The molecule has 4 heteroatoms. The summed E-state index contributed by atoms with van der Waals surface area (Å²) in [6.45, 7) is 0. The van der Waals surface area contributed by atoms with Crippen LogP contribution in [0.2, 0.25) is 0 Å². The minimum absolute atomic E-state index is 0.0150. The zero-order valence-corrected chi connectivity index (χ0v) is 7.99. The monoisotopic (exact) mass is 209 g/mol. The average Bonchev–Trinajstić information content (AvgIpc) is 2.47. The van der Waals surface area contributed by atoms with Crippen LogP contribution >= 0.6 is 11.6 Å². The van der Waals surface area contributed by atoms with E-state index in [4.69, 9.17) is 22.1 Å². The molecule has 1 aliphatic rings. The smallest absolute Gasteiger partial charge is 0.352 e. The Morgan fingerprint density at radius 3 is 2.43 bits per heavy atom. The minimum atomic E-state index is -0.557. The summed E-state index contributed by atoms with van der Waals surface area (Å²) in [5.74, 6) is -0.557. The van der Waals surface area contributed by atoms with Gasteiger partial charge in [0.2, 0.25) is 0 Å². The van der Waals surface area contributed by atoms with Crippen LogP contribution in [0.5, 0.6) is 0 Å². The van der Waals surface area contributed by atoms with Gasteiger partial charge >= 0.3 is 5.97 Å². The lowest BCUT2D eigenvalue weighted by Gasteiger charge is -2.10. The maximum absolute atomic E-state index is 11.1. The summed E-state index contributed by atoms with van der Waals surface area (Å²) in [5.41, 5.74) is 6.75. The van der Waals surface area contributed by atoms with Crippen molar-refractivity contribution >= 4 is 17.6 Å². The van der Waals surface area contributed by atoms with E-state index in [0.717, 1.165) is 5.56 Å². The van der Waals surface area contributed by atoms with Crippen molar-refractivity contribution in [1.29, 1.82) is 0 Å². The summed E-state index contributed by atoms with van der Waals surface area (Å²) in [6, 6.07) is 9.24. The van der Waals surface area contributed by atoms with Crippen molar-refractivity contribution in [2.45, 2.75) is 6.10 Å². The topological polar surface area (TPSA) is 52.3 Å². The molecule has 0 radical (unpaired) electrons. The number of hydrogen-bond donors (Lipinski definition) is 1. The first-order valence-electron chi connectivity index (χ1n) is 4.11. The molecule has 0 aliphatic carbocycles. The number of carbonyl (C=O) groups excluding carboxylic acids is 1. The average molecular weight is 210 g/mol. The number of carbonyl (C=O) groups is 1. The van der Waals surface area contributed by atoms with Crippen LogP contribution in [0, 0.1) is 0 Å². The second-order valence-corrected chi connectivity index (χ2v) is 3.34. The van der Waals surface area contributed by atoms with Gasteiger partial charge in [-0.1, -0.05) is 41.9 Å². The van der Waals surface area contributed by atoms with Gasteiger partial charge < -0.3 is 10.5 Å². The summed E-state index contributed by atoms with van der Waals surface area (Å²) < 4.78 is 5.00. The quantitative estimate of drug-likeness (QED) is 0.717. The molecule has 3 nitrogen and oxygen atoms in total. The second kappa shape index (κ2) is 3.35. The molecule has 72 valence electrons. The molecular weight excluding hydrogens is 202 g/mol. The number of benzene rings is 1. The largest absolute Gasteiger partial charge is 0.447 e. The first-order chi connectivity index (χ1) is 6.70. The van der Waals surface area contributed by atoms with Gasteiger partial charge in [-0.05, 0) is 5.56 Å². The molecule has 1 aliphatic heterocycles. The van der Waals surface area contributed by atoms with E-state index in [0.29, 0.717) is 0 Å². The van der Waals surface area contributed by atoms with Gasteiger partial charge in [-0.2, -0.15) is 0 Å². The number of esters is 1. The van der Waals surface area contributed by atoms with Crippen molar-refractivity contribution in [3.63, 3.8) is 0 Å². The van der Waals surface area contributed by atoms with Gasteiger partial charge in [0.15, 0.2) is 6.10 Å². The van der Waals surface area contributed by atoms with Gasteiger partial charge in [0, 0.05) is 0 Å². The number of ether oxygens (including phenoxy) is 1. The van der Waals surface area contributed by atoms with Crippen molar-refractivity contribution < 1.29 is 9.53 Å². The predicted octanol–water partition coefficient (Wildman–Crippen LogP) is 1.69. The SMILES string of the molecule is NC1=C(Cl)C(=O)OC1c1ccccc1. The lowest BCUT2D eigenvalue weighted by atomic mass is 10.1. The van der Waals surface area contributed by atoms with Crippen molar-refractivity contribution in [2.24, 2.45) is 5.73 Å². The summed E-state index contributed by atoms with van der Waals surface area (Å²) >= 11 is 5.64. The highest BCUT2D eigenvalue weighted by atomic mass is 35.5. The minimum Gasteiger partial charge on any atom is -0.447 e. The van der Waals surface area contributed by atoms with Crippen LogP contribution in [-0.4, -0.2) is 5.97 Å². The molecule has 2 N–H and O–H groups in total. The van der Waals surface area contributed by atoms with E-state index in [1.165, 1.54) is 0 Å². The van der Waals surface area contributed by atoms with Crippen LogP contribution in [0.3, 0.4) is 0 Å². The van der Waals surface area contributed by atoms with Gasteiger partial charge in [-0.25, -0.2) is 4.79 Å². The Morgan fingerprint density at radius 2 is 1.93 bits per heavy atom. The number of cyclic esters (lactones) is 1. The van der Waals surface area contributed by atoms with Crippen molar-refractivity contribution in [2.75, 3.05) is 0 Å². The fourth-order valence-corrected chi connectivity index (χ4v) is 1.47. The first-order valence-corrected chi connectivity index (χ1v) is 4.49. The highest BCUT2D eigenvalue weighted by molar-refractivity contribution is 6.42. The molecule has 0 spiro atoms. The van der Waals surface area contributed by atoms with Gasteiger partial charge in [-0.15, -0.1) is 0 Å². The fraction of sp³-hybridized carbons (Fsp3) is 0.100. The molecular formula is C10H8ClNO2. The van der Waals surface area contributed by atoms with Crippen molar-refractivity contribution in [3.8, 4) is 0 Å². The third-order valence-corrected chi connectivity index (χ3v) is 2.41. The molecule has 1 aromatic carbocycles. The van der Waals surface area contributed by atoms with Crippen LogP contribution < -0.4 is 5.73 Å². The van der Waals surface area contributed by atoms with E-state index in [1.807, 2.05) is 30.3 Å². The second-order valence-electron chi connectivity index (χ2n) is 2.97. The Balaban J connectivity index is 2.36. The van der Waals surface area contributed by atoms with Gasteiger partial charge in [0.1, 0.15) is 5.03 Å². The van der Waals surface area contributed by atoms with E-state index >= 15 is 0 Å². The third-order valence-electron chi connectivity index (χ3n) is 2.04. The standard InChI is InChI=1S/C10H8ClNO2/c11-7-8(12)9(14-10(7)13)6-4-2-1-3-5-6/h1-5,9H,12H2. The maximum Gasteiger partial charge on any atom is 0.352 e. The lowest BCUT2D eigenvalue weighted by molar-refractivity contribution is -0.139. The van der Waals surface area contributed by atoms with Crippen LogP contribution in [-0.2, 0) is 9.53 Å². The van der Waals surface area contributed by atoms with Crippen molar-refractivity contribution in [3.05, 3.63) is 46.6 Å². The molecule has 0 bridgehead atoms. The third kappa shape index (κ3) is 1.36. The summed E-state index contributed by atoms with van der Waals surface area (Å²) in [6.07, 6.45) is -0.531. The van der Waals surface area contributed by atoms with Crippen LogP contribution in [0.1, 0.15) is 11.7 Å². The van der Waals surface area contributed by atoms with E-state index in [9.17, 15) is 4.79 Å². The summed E-state index contributed by atoms with van der Waals surface area (Å²) in [5, 5.41) is -0.0150. The summed E-state index contributed by atoms with van der Waals surface area (Å²) in [7, 11) is 0. The molecule has 0 aromatic heterocycles. The molecule has 1 unspecified atom stereocenters. The van der Waals surface area contributed by atoms with Crippen LogP contribution in [0.15, 0.2) is 41.1 Å². The highest BCUT2D eigenvalue weighted by Gasteiger charge is 2.32. The Kier molecular flexibility index (Phi) is 2.17. The van der Waals surface area contributed by atoms with Crippen molar-refractivity contribution in [1.82, 2.24) is 0 Å². The molecule has 0 amide bonds. The Labute approximate surface area is 86.1 Å². The molecule has 1 heterocycles. The zero-order valence-electron chi connectivity index (χ0n) is 7.24. The molecule has 2 rings (SSSR count). The zero-order chi connectivity index (χ0) is 10.1. The maximum atomic E-state index is 11.1. The van der Waals surface area contributed by atoms with E-state index in [-0.39, 0.29) is 10.7 Å². The Hall–Kier alpha value is -1.48. The number of nitrogens with two attached hydrogens (primary N) is 1. The van der Waals surface area contributed by atoms with E-state index in [2.05, 4.69) is 0 Å². The molecule has 0 saturated carbocycles. The van der Waals surface area contributed by atoms with Gasteiger partial charge in [-0.3, -0.25) is 0 Å². The highest BCUT2D eigenvalue weighted by Crippen LogP contribution is 2.33. The Morgan fingerprint density at radius 1 is 1.29 bits per heavy atom. The molecule has 1 aromatic rings. The van der Waals surface area contributed by atoms with Crippen LogP contribution in [0.25, 0.3) is 0 Å². The normalized spacial score (nSPS) is 21.2. The van der Waals surface area contributed by atoms with Crippen LogP contribution in [0.4, 0.5) is 0 Å². The number of rotatable bonds is 1. The molecule has 14 heavy (non-hydrogen) atoms. The van der Waals surface area contributed by atoms with E-state index < -0.39 is 12.1 Å². The lowest BCUT2D eigenvalue weighted by Crippen LogP contribution is -2.08. The van der Waals surface area contributed by atoms with Gasteiger partial charge in [0.05, 0.1) is 5.70 Å². The number of halogens is 1. The fourth-order valence-electron chi connectivity index (χ4n) is 1.33. The van der Waals surface area contributed by atoms with E-state index in [1.54, 1.807) is 0 Å². The first kappa shape index (κ1) is 9.09. The number of hydrogen-bond acceptors (Lipinski definition) is 3. The summed E-state index contributed by atoms with van der Waals surface area (Å²) in [4.78, 5) is 11.1.